The van der Waals surface area contributed by atoms with Crippen molar-refractivity contribution in [2.24, 2.45) is 0 Å². The first kappa shape index (κ1) is 20.6. The van der Waals surface area contributed by atoms with Gasteiger partial charge >= 0.3 is 0 Å². The van der Waals surface area contributed by atoms with E-state index in [-0.39, 0.29) is 29.6 Å². The third kappa shape index (κ3) is 5.23. The lowest BCUT2D eigenvalue weighted by atomic mass is 10.3. The average molecular weight is 408 g/mol. The van der Waals surface area contributed by atoms with Crippen molar-refractivity contribution in [1.29, 1.82) is 0 Å². The highest BCUT2D eigenvalue weighted by molar-refractivity contribution is 8.00. The van der Waals surface area contributed by atoms with Crippen LogP contribution >= 0.6 is 11.8 Å². The molecular formula is C19H25FN4O3S. The van der Waals surface area contributed by atoms with Crippen molar-refractivity contribution in [3.8, 4) is 5.75 Å². The lowest BCUT2D eigenvalue weighted by Crippen LogP contribution is -2.32. The molecule has 1 saturated carbocycles. The summed E-state index contributed by atoms with van der Waals surface area (Å²) < 4.78 is 26.6. The van der Waals surface area contributed by atoms with E-state index in [0.717, 1.165) is 12.8 Å². The van der Waals surface area contributed by atoms with Gasteiger partial charge in [-0.15, -0.1) is 10.2 Å². The molecule has 1 aromatic carbocycles. The van der Waals surface area contributed by atoms with E-state index in [2.05, 4.69) is 15.5 Å². The summed E-state index contributed by atoms with van der Waals surface area (Å²) in [7, 11) is 1.62. The summed E-state index contributed by atoms with van der Waals surface area (Å²) in [5.74, 6) is 0.261. The second-order valence-electron chi connectivity index (χ2n) is 6.84. The number of ether oxygens (including phenoxy) is 2. The normalized spacial score (nSPS) is 15.9. The maximum absolute atomic E-state index is 13.8. The summed E-state index contributed by atoms with van der Waals surface area (Å²) >= 11 is 1.34. The molecule has 2 atom stereocenters. The molecule has 1 aliphatic carbocycles. The van der Waals surface area contributed by atoms with Crippen LogP contribution in [0.3, 0.4) is 0 Å². The predicted molar refractivity (Wildman–Crippen MR) is 104 cm³/mol. The number of hydrogen-bond donors (Lipinski definition) is 1. The van der Waals surface area contributed by atoms with Gasteiger partial charge in [0.2, 0.25) is 5.91 Å². The molecule has 0 saturated heterocycles. The van der Waals surface area contributed by atoms with Gasteiger partial charge in [0.1, 0.15) is 6.61 Å². The number of hydrogen-bond acceptors (Lipinski definition) is 6. The summed E-state index contributed by atoms with van der Waals surface area (Å²) in [5, 5.41) is 11.7. The Labute approximate surface area is 168 Å². The minimum atomic E-state index is -0.432. The van der Waals surface area contributed by atoms with Gasteiger partial charge in [-0.05, 0) is 38.8 Å². The van der Waals surface area contributed by atoms with E-state index in [1.54, 1.807) is 25.3 Å². The van der Waals surface area contributed by atoms with Crippen molar-refractivity contribution in [2.45, 2.75) is 55.8 Å². The number of carbonyl (C=O) groups is 1. The average Bonchev–Trinajstić information content (AvgIpc) is 3.39. The van der Waals surface area contributed by atoms with Crippen LogP contribution in [0.15, 0.2) is 29.4 Å². The van der Waals surface area contributed by atoms with Crippen LogP contribution in [0.5, 0.6) is 5.75 Å². The maximum atomic E-state index is 13.8. The second kappa shape index (κ2) is 9.38. The van der Waals surface area contributed by atoms with Crippen LogP contribution in [0.25, 0.3) is 0 Å². The molecule has 1 fully saturated rings. The first-order valence-corrected chi connectivity index (χ1v) is 10.1. The molecule has 2 aromatic rings. The SMILES string of the molecule is COC[C@H](C)n1c(COc2ccccc2F)nnc1S[C@H](C)C(=O)NC1CC1. The Balaban J connectivity index is 1.74. The van der Waals surface area contributed by atoms with Gasteiger partial charge in [0, 0.05) is 13.2 Å². The topological polar surface area (TPSA) is 78.3 Å². The Morgan fingerprint density at radius 3 is 2.79 bits per heavy atom. The molecular weight excluding hydrogens is 383 g/mol. The van der Waals surface area contributed by atoms with Gasteiger partial charge < -0.3 is 14.8 Å². The smallest absolute Gasteiger partial charge is 0.233 e. The third-order valence-corrected chi connectivity index (χ3v) is 5.41. The van der Waals surface area contributed by atoms with Gasteiger partial charge in [0.15, 0.2) is 22.5 Å². The molecule has 0 aliphatic heterocycles. The van der Waals surface area contributed by atoms with E-state index in [1.165, 1.54) is 17.8 Å². The van der Waals surface area contributed by atoms with Gasteiger partial charge in [-0.2, -0.15) is 0 Å². The number of amides is 1. The number of rotatable bonds is 10. The Morgan fingerprint density at radius 2 is 2.11 bits per heavy atom. The molecule has 1 heterocycles. The molecule has 0 bridgehead atoms. The Bertz CT molecular complexity index is 812. The molecule has 0 radical (unpaired) electrons. The summed E-state index contributed by atoms with van der Waals surface area (Å²) in [6.07, 6.45) is 2.09. The molecule has 3 rings (SSSR count). The van der Waals surface area contributed by atoms with Crippen LogP contribution in [0, 0.1) is 5.82 Å². The van der Waals surface area contributed by atoms with E-state index < -0.39 is 5.82 Å². The molecule has 1 N–H and O–H groups in total. The van der Waals surface area contributed by atoms with Gasteiger partial charge in [0.05, 0.1) is 17.9 Å². The number of nitrogens with one attached hydrogen (secondary N) is 1. The zero-order valence-corrected chi connectivity index (χ0v) is 17.0. The standard InChI is InChI=1S/C19H25FN4O3S/c1-12(10-26-3)24-17(11-27-16-7-5-4-6-15(16)20)22-23-19(24)28-13(2)18(25)21-14-8-9-14/h4-7,12-14H,8-11H2,1-3H3,(H,21,25)/t12-,13+/m0/s1. The first-order valence-electron chi connectivity index (χ1n) is 9.26. The number of methoxy groups -OCH3 is 1. The van der Waals surface area contributed by atoms with Crippen molar-refractivity contribution in [3.63, 3.8) is 0 Å². The van der Waals surface area contributed by atoms with Crippen LogP contribution in [0.1, 0.15) is 38.6 Å². The largest absolute Gasteiger partial charge is 0.483 e. The second-order valence-corrected chi connectivity index (χ2v) is 8.14. The number of thioether (sulfide) groups is 1. The third-order valence-electron chi connectivity index (χ3n) is 4.35. The van der Waals surface area contributed by atoms with E-state index in [0.29, 0.717) is 23.6 Å². The molecule has 1 aliphatic rings. The van der Waals surface area contributed by atoms with Crippen LogP contribution < -0.4 is 10.1 Å². The lowest BCUT2D eigenvalue weighted by molar-refractivity contribution is -0.120. The number of carbonyl (C=O) groups excluding carboxylic acids is 1. The molecule has 7 nitrogen and oxygen atoms in total. The molecule has 152 valence electrons. The van der Waals surface area contributed by atoms with Crippen LogP contribution in [0.2, 0.25) is 0 Å². The zero-order chi connectivity index (χ0) is 20.1. The fourth-order valence-corrected chi connectivity index (χ4v) is 3.68. The van der Waals surface area contributed by atoms with Crippen molar-refractivity contribution in [3.05, 3.63) is 35.9 Å². The lowest BCUT2D eigenvalue weighted by Gasteiger charge is -2.19. The van der Waals surface area contributed by atoms with Gasteiger partial charge in [-0.1, -0.05) is 23.9 Å². The molecule has 0 spiro atoms. The number of nitrogens with zero attached hydrogens (tertiary/aromatic N) is 3. The van der Waals surface area contributed by atoms with Crippen LogP contribution in [-0.2, 0) is 16.1 Å². The Kier molecular flexibility index (Phi) is 6.90. The highest BCUT2D eigenvalue weighted by atomic mass is 32.2. The maximum Gasteiger partial charge on any atom is 0.233 e. The molecule has 28 heavy (non-hydrogen) atoms. The molecule has 1 amide bonds. The van der Waals surface area contributed by atoms with Gasteiger partial charge in [0.25, 0.3) is 0 Å². The van der Waals surface area contributed by atoms with E-state index in [4.69, 9.17) is 9.47 Å². The summed E-state index contributed by atoms with van der Waals surface area (Å²) in [6.45, 7) is 4.32. The minimum Gasteiger partial charge on any atom is -0.483 e. The minimum absolute atomic E-state index is 0.00870. The summed E-state index contributed by atoms with van der Waals surface area (Å²) in [4.78, 5) is 12.3. The molecule has 0 unspecified atom stereocenters. The van der Waals surface area contributed by atoms with E-state index in [1.807, 2.05) is 18.4 Å². The number of halogens is 1. The van der Waals surface area contributed by atoms with Crippen LogP contribution in [0.4, 0.5) is 4.39 Å². The fraction of sp³-hybridized carbons (Fsp3) is 0.526. The molecule has 1 aromatic heterocycles. The van der Waals surface area contributed by atoms with Crippen molar-refractivity contribution in [2.75, 3.05) is 13.7 Å². The van der Waals surface area contributed by atoms with Crippen LogP contribution in [-0.4, -0.2) is 45.7 Å². The summed E-state index contributed by atoms with van der Waals surface area (Å²) in [5.41, 5.74) is 0. The van der Waals surface area contributed by atoms with E-state index >= 15 is 0 Å². The number of aromatic nitrogens is 3. The van der Waals surface area contributed by atoms with Crippen molar-refractivity contribution >= 4 is 17.7 Å². The highest BCUT2D eigenvalue weighted by Gasteiger charge is 2.28. The quantitative estimate of drug-likeness (QED) is 0.609. The Morgan fingerprint density at radius 1 is 1.36 bits per heavy atom. The zero-order valence-electron chi connectivity index (χ0n) is 16.2. The fourth-order valence-electron chi connectivity index (χ4n) is 2.71. The number of para-hydroxylation sites is 1. The molecule has 9 heteroatoms. The monoisotopic (exact) mass is 408 g/mol. The predicted octanol–water partition coefficient (Wildman–Crippen LogP) is 2.96. The van der Waals surface area contributed by atoms with Gasteiger partial charge in [-0.3, -0.25) is 9.36 Å². The van der Waals surface area contributed by atoms with Crippen molar-refractivity contribution in [1.82, 2.24) is 20.1 Å². The summed E-state index contributed by atoms with van der Waals surface area (Å²) in [6, 6.07) is 6.46. The van der Waals surface area contributed by atoms with Gasteiger partial charge in [-0.25, -0.2) is 4.39 Å². The van der Waals surface area contributed by atoms with Crippen molar-refractivity contribution < 1.29 is 18.7 Å². The highest BCUT2D eigenvalue weighted by Crippen LogP contribution is 2.28. The number of benzene rings is 1. The van der Waals surface area contributed by atoms with E-state index in [9.17, 15) is 9.18 Å². The first-order chi connectivity index (χ1) is 13.5. The Hall–Kier alpha value is -2.13.